The van der Waals surface area contributed by atoms with Crippen molar-refractivity contribution in [2.45, 2.75) is 6.92 Å². The van der Waals surface area contributed by atoms with Gasteiger partial charge in [-0.05, 0) is 61.0 Å². The highest BCUT2D eigenvalue weighted by molar-refractivity contribution is 6.31. The summed E-state index contributed by atoms with van der Waals surface area (Å²) in [5, 5.41) is 4.54. The molecule has 8 nitrogen and oxygen atoms in total. The van der Waals surface area contributed by atoms with Gasteiger partial charge < -0.3 is 18.9 Å². The van der Waals surface area contributed by atoms with Crippen molar-refractivity contribution in [1.29, 1.82) is 0 Å². The zero-order chi connectivity index (χ0) is 23.2. The van der Waals surface area contributed by atoms with Crippen molar-refractivity contribution >= 4 is 29.7 Å². The minimum Gasteiger partial charge on any atom is -0.484 e. The maximum Gasteiger partial charge on any atom is 0.343 e. The molecule has 0 aliphatic carbocycles. The number of aryl methyl sites for hydroxylation is 1. The molecule has 0 aromatic heterocycles. The van der Waals surface area contributed by atoms with Crippen molar-refractivity contribution in [3.63, 3.8) is 0 Å². The third kappa shape index (κ3) is 5.61. The third-order valence-corrected chi connectivity index (χ3v) is 5.05. The molecule has 3 aromatic rings. The number of ether oxygens (including phenoxy) is 4. The van der Waals surface area contributed by atoms with E-state index in [0.717, 1.165) is 5.56 Å². The number of amides is 1. The minimum atomic E-state index is -0.565. The zero-order valence-electron chi connectivity index (χ0n) is 17.5. The molecule has 1 amide bonds. The molecule has 0 fully saturated rings. The first kappa shape index (κ1) is 22.2. The molecule has 1 heterocycles. The van der Waals surface area contributed by atoms with Crippen LogP contribution in [0.1, 0.15) is 21.5 Å². The normalized spacial score (nSPS) is 11.9. The first-order valence-corrected chi connectivity index (χ1v) is 10.3. The van der Waals surface area contributed by atoms with Gasteiger partial charge in [-0.2, -0.15) is 5.10 Å². The summed E-state index contributed by atoms with van der Waals surface area (Å²) in [6.07, 6.45) is 1.38. The Morgan fingerprint density at radius 3 is 2.76 bits per heavy atom. The van der Waals surface area contributed by atoms with Gasteiger partial charge in [0.2, 0.25) is 6.79 Å². The number of benzene rings is 3. The van der Waals surface area contributed by atoms with Crippen molar-refractivity contribution in [2.75, 3.05) is 13.4 Å². The fourth-order valence-electron chi connectivity index (χ4n) is 2.92. The Bertz CT molecular complexity index is 1230. The van der Waals surface area contributed by atoms with E-state index >= 15 is 0 Å². The molecular weight excluding hydrogens is 448 g/mol. The van der Waals surface area contributed by atoms with Crippen LogP contribution in [0.15, 0.2) is 65.8 Å². The average molecular weight is 467 g/mol. The second-order valence-corrected chi connectivity index (χ2v) is 7.40. The number of nitrogens with zero attached hydrogens (tertiary/aromatic N) is 1. The van der Waals surface area contributed by atoms with Crippen LogP contribution in [0.25, 0.3) is 0 Å². The Balaban J connectivity index is 1.34. The van der Waals surface area contributed by atoms with Gasteiger partial charge in [0.25, 0.3) is 5.91 Å². The van der Waals surface area contributed by atoms with Crippen LogP contribution < -0.4 is 24.4 Å². The van der Waals surface area contributed by atoms with Crippen LogP contribution in [0.3, 0.4) is 0 Å². The Kier molecular flexibility index (Phi) is 6.75. The summed E-state index contributed by atoms with van der Waals surface area (Å²) >= 11 is 5.98. The number of hydrogen-bond donors (Lipinski definition) is 1. The maximum absolute atomic E-state index is 12.6. The molecule has 4 rings (SSSR count). The number of carbonyl (C=O) groups excluding carboxylic acids is 2. The van der Waals surface area contributed by atoms with Gasteiger partial charge in [-0.25, -0.2) is 10.2 Å². The molecule has 1 aliphatic heterocycles. The van der Waals surface area contributed by atoms with E-state index in [1.54, 1.807) is 60.7 Å². The fourth-order valence-corrected chi connectivity index (χ4v) is 3.04. The maximum atomic E-state index is 12.6. The van der Waals surface area contributed by atoms with Gasteiger partial charge in [-0.3, -0.25) is 4.79 Å². The summed E-state index contributed by atoms with van der Waals surface area (Å²) < 4.78 is 21.5. The van der Waals surface area contributed by atoms with Gasteiger partial charge in [0, 0.05) is 10.6 Å². The number of rotatable bonds is 7. The number of carbonyl (C=O) groups is 2. The zero-order valence-corrected chi connectivity index (χ0v) is 18.3. The Labute approximate surface area is 194 Å². The lowest BCUT2D eigenvalue weighted by Crippen LogP contribution is -2.24. The summed E-state index contributed by atoms with van der Waals surface area (Å²) in [7, 11) is 0. The molecule has 33 heavy (non-hydrogen) atoms. The highest BCUT2D eigenvalue weighted by Gasteiger charge is 2.18. The lowest BCUT2D eigenvalue weighted by atomic mass is 10.2. The van der Waals surface area contributed by atoms with Gasteiger partial charge in [0.1, 0.15) is 11.5 Å². The van der Waals surface area contributed by atoms with Gasteiger partial charge in [-0.15, -0.1) is 0 Å². The lowest BCUT2D eigenvalue weighted by molar-refractivity contribution is -0.123. The van der Waals surface area contributed by atoms with E-state index < -0.39 is 11.9 Å². The topological polar surface area (TPSA) is 95.5 Å². The molecule has 0 atom stereocenters. The van der Waals surface area contributed by atoms with E-state index in [2.05, 4.69) is 10.5 Å². The number of hydrogen-bond acceptors (Lipinski definition) is 7. The van der Waals surface area contributed by atoms with Crippen LogP contribution in [0.4, 0.5) is 0 Å². The van der Waals surface area contributed by atoms with E-state index in [1.807, 2.05) is 6.92 Å². The fraction of sp³-hybridized carbons (Fsp3) is 0.125. The molecule has 0 spiro atoms. The predicted octanol–water partition coefficient (Wildman–Crippen LogP) is 4.13. The third-order valence-electron chi connectivity index (χ3n) is 4.62. The van der Waals surface area contributed by atoms with Crippen molar-refractivity contribution in [2.24, 2.45) is 5.10 Å². The number of esters is 1. The Morgan fingerprint density at radius 1 is 1.09 bits per heavy atom. The van der Waals surface area contributed by atoms with Gasteiger partial charge in [0.15, 0.2) is 18.1 Å². The van der Waals surface area contributed by atoms with Crippen molar-refractivity contribution in [3.8, 4) is 23.0 Å². The van der Waals surface area contributed by atoms with Crippen molar-refractivity contribution < 1.29 is 28.5 Å². The summed E-state index contributed by atoms with van der Waals surface area (Å²) in [5.41, 5.74) is 4.04. The Hall–Kier alpha value is -4.04. The van der Waals surface area contributed by atoms with E-state index in [-0.39, 0.29) is 19.1 Å². The first-order valence-electron chi connectivity index (χ1n) is 9.91. The second kappa shape index (κ2) is 10.1. The monoisotopic (exact) mass is 466 g/mol. The number of halogens is 1. The Morgan fingerprint density at radius 2 is 1.91 bits per heavy atom. The molecule has 1 N–H and O–H groups in total. The van der Waals surface area contributed by atoms with Gasteiger partial charge in [0.05, 0.1) is 11.8 Å². The van der Waals surface area contributed by atoms with E-state index in [4.69, 9.17) is 30.5 Å². The molecule has 168 valence electrons. The smallest absolute Gasteiger partial charge is 0.343 e. The van der Waals surface area contributed by atoms with Crippen molar-refractivity contribution in [3.05, 3.63) is 82.4 Å². The minimum absolute atomic E-state index is 0.114. The molecule has 0 unspecified atom stereocenters. The second-order valence-electron chi connectivity index (χ2n) is 6.99. The molecule has 0 saturated carbocycles. The number of hydrazone groups is 1. The van der Waals surface area contributed by atoms with E-state index in [0.29, 0.717) is 33.4 Å². The van der Waals surface area contributed by atoms with Crippen LogP contribution in [0.2, 0.25) is 5.02 Å². The largest absolute Gasteiger partial charge is 0.484 e. The lowest BCUT2D eigenvalue weighted by Gasteiger charge is -2.08. The first-order chi connectivity index (χ1) is 16.0. The van der Waals surface area contributed by atoms with Gasteiger partial charge in [-0.1, -0.05) is 23.7 Å². The average Bonchev–Trinajstić information content (AvgIpc) is 3.29. The number of nitrogens with one attached hydrogen (secondary N) is 1. The van der Waals surface area contributed by atoms with Crippen LogP contribution >= 0.6 is 11.6 Å². The molecule has 0 radical (unpaired) electrons. The van der Waals surface area contributed by atoms with E-state index in [1.165, 1.54) is 6.21 Å². The predicted molar refractivity (Wildman–Crippen MR) is 121 cm³/mol. The van der Waals surface area contributed by atoms with Crippen molar-refractivity contribution in [1.82, 2.24) is 5.43 Å². The van der Waals surface area contributed by atoms with Crippen LogP contribution in [-0.4, -0.2) is 31.5 Å². The summed E-state index contributed by atoms with van der Waals surface area (Å²) in [6, 6.07) is 16.7. The van der Waals surface area contributed by atoms with E-state index in [9.17, 15) is 9.59 Å². The summed E-state index contributed by atoms with van der Waals surface area (Å²) in [6.45, 7) is 1.73. The summed E-state index contributed by atoms with van der Waals surface area (Å²) in [4.78, 5) is 24.6. The molecule has 1 aliphatic rings. The van der Waals surface area contributed by atoms with Crippen LogP contribution in [0, 0.1) is 6.92 Å². The quantitative estimate of drug-likeness (QED) is 0.243. The molecular formula is C24H19ClN2O6. The molecule has 9 heteroatoms. The van der Waals surface area contributed by atoms with Crippen LogP contribution in [-0.2, 0) is 4.79 Å². The van der Waals surface area contributed by atoms with Gasteiger partial charge >= 0.3 is 5.97 Å². The number of para-hydroxylation sites is 1. The number of fused-ring (bicyclic) bond motifs is 1. The summed E-state index contributed by atoms with van der Waals surface area (Å²) in [5.74, 6) is 0.851. The molecule has 3 aromatic carbocycles. The highest BCUT2D eigenvalue weighted by Crippen LogP contribution is 2.33. The SMILES string of the molecule is Cc1cc(OCC(=O)NN=Cc2ccccc2OC(=O)c2ccc3c(c2)OCO3)ccc1Cl. The van der Waals surface area contributed by atoms with Crippen LogP contribution in [0.5, 0.6) is 23.0 Å². The molecule has 0 saturated heterocycles. The highest BCUT2D eigenvalue weighted by atomic mass is 35.5. The molecule has 0 bridgehead atoms. The standard InChI is InChI=1S/C24H19ClN2O6/c1-15-10-18(7-8-19(15)25)30-13-23(28)27-26-12-17-4-2-3-5-20(17)33-24(29)16-6-9-21-22(11-16)32-14-31-21/h2-12H,13-14H2,1H3,(H,27,28).